The number of aromatic nitrogens is 2. The zero-order valence-corrected chi connectivity index (χ0v) is 13.6. The van der Waals surface area contributed by atoms with Crippen LogP contribution in [-0.2, 0) is 12.0 Å². The molecule has 1 aromatic carbocycles. The summed E-state index contributed by atoms with van der Waals surface area (Å²) in [5.74, 6) is -0.0353. The molecule has 1 aromatic heterocycles. The summed E-state index contributed by atoms with van der Waals surface area (Å²) in [6.45, 7) is 1.76. The van der Waals surface area contributed by atoms with Crippen LogP contribution in [0.3, 0.4) is 0 Å². The van der Waals surface area contributed by atoms with Crippen LogP contribution >= 0.6 is 12.4 Å². The molecule has 3 rings (SSSR count). The first kappa shape index (κ1) is 17.6. The summed E-state index contributed by atoms with van der Waals surface area (Å²) < 4.78 is 18.4. The molecule has 1 saturated carbocycles. The number of ketones is 1. The minimum atomic E-state index is -0.475. The standard InChI is InChI=1S/C16H18FN3O2.ClH/c1-10(14(21)11-4-2-5-12(17)9-11)8-13-19-15(20-22-13)16(18)6-3-7-16;/h2,4-5,9-10H,3,6-8,18H2,1H3;1H. The first-order valence-corrected chi connectivity index (χ1v) is 7.40. The summed E-state index contributed by atoms with van der Waals surface area (Å²) in [6, 6.07) is 5.67. The van der Waals surface area contributed by atoms with E-state index < -0.39 is 11.4 Å². The summed E-state index contributed by atoms with van der Waals surface area (Å²) >= 11 is 0. The van der Waals surface area contributed by atoms with E-state index in [0.717, 1.165) is 19.3 Å². The number of hydrogen-bond acceptors (Lipinski definition) is 5. The summed E-state index contributed by atoms with van der Waals surface area (Å²) in [5, 5.41) is 3.93. The van der Waals surface area contributed by atoms with Crippen molar-refractivity contribution in [2.24, 2.45) is 11.7 Å². The van der Waals surface area contributed by atoms with Crippen LogP contribution in [0.25, 0.3) is 0 Å². The van der Waals surface area contributed by atoms with E-state index in [9.17, 15) is 9.18 Å². The molecule has 1 aliphatic rings. The van der Waals surface area contributed by atoms with Gasteiger partial charge in [0.2, 0.25) is 5.89 Å². The molecule has 0 amide bonds. The Hall–Kier alpha value is -1.79. The fraction of sp³-hybridized carbons (Fsp3) is 0.438. The van der Waals surface area contributed by atoms with Crippen molar-refractivity contribution in [2.75, 3.05) is 0 Å². The Balaban J connectivity index is 0.00000192. The highest BCUT2D eigenvalue weighted by atomic mass is 35.5. The molecule has 1 atom stereocenters. The summed E-state index contributed by atoms with van der Waals surface area (Å²) in [5.41, 5.74) is 6.02. The largest absolute Gasteiger partial charge is 0.339 e. The molecule has 1 fully saturated rings. The lowest BCUT2D eigenvalue weighted by Gasteiger charge is -2.34. The molecule has 23 heavy (non-hydrogen) atoms. The van der Waals surface area contributed by atoms with Gasteiger partial charge in [-0.3, -0.25) is 4.79 Å². The summed E-state index contributed by atoms with van der Waals surface area (Å²) in [4.78, 5) is 16.6. The molecule has 0 bridgehead atoms. The smallest absolute Gasteiger partial charge is 0.227 e. The lowest BCUT2D eigenvalue weighted by Crippen LogP contribution is -2.44. The Morgan fingerprint density at radius 2 is 2.22 bits per heavy atom. The average Bonchev–Trinajstić information content (AvgIpc) is 2.92. The predicted octanol–water partition coefficient (Wildman–Crippen LogP) is 3.03. The second-order valence-corrected chi connectivity index (χ2v) is 6.00. The van der Waals surface area contributed by atoms with Gasteiger partial charge in [-0.15, -0.1) is 12.4 Å². The number of carbonyl (C=O) groups excluding carboxylic acids is 1. The Morgan fingerprint density at radius 1 is 1.48 bits per heavy atom. The van der Waals surface area contributed by atoms with Crippen LogP contribution in [0.1, 0.15) is 48.3 Å². The molecule has 0 aliphatic heterocycles. The van der Waals surface area contributed by atoms with E-state index in [1.165, 1.54) is 18.2 Å². The van der Waals surface area contributed by atoms with Crippen LogP contribution in [0.2, 0.25) is 0 Å². The van der Waals surface area contributed by atoms with Crippen LogP contribution in [0.4, 0.5) is 4.39 Å². The molecule has 0 spiro atoms. The molecule has 0 radical (unpaired) electrons. The van der Waals surface area contributed by atoms with Crippen molar-refractivity contribution in [2.45, 2.75) is 38.1 Å². The minimum Gasteiger partial charge on any atom is -0.339 e. The Bertz CT molecular complexity index is 700. The maximum absolute atomic E-state index is 13.2. The normalized spacial score (nSPS) is 17.0. The maximum atomic E-state index is 13.2. The van der Waals surface area contributed by atoms with Gasteiger partial charge in [0.15, 0.2) is 11.6 Å². The molecule has 7 heteroatoms. The Labute approximate surface area is 139 Å². The van der Waals surface area contributed by atoms with E-state index >= 15 is 0 Å². The van der Waals surface area contributed by atoms with Gasteiger partial charge in [-0.05, 0) is 31.4 Å². The van der Waals surface area contributed by atoms with Crippen LogP contribution in [-0.4, -0.2) is 15.9 Å². The highest BCUT2D eigenvalue weighted by Crippen LogP contribution is 2.37. The molecular weight excluding hydrogens is 321 g/mol. The van der Waals surface area contributed by atoms with Crippen molar-refractivity contribution in [3.8, 4) is 0 Å². The predicted molar refractivity (Wildman–Crippen MR) is 84.9 cm³/mol. The first-order valence-electron chi connectivity index (χ1n) is 7.40. The van der Waals surface area contributed by atoms with E-state index in [0.29, 0.717) is 23.7 Å². The first-order chi connectivity index (χ1) is 10.5. The lowest BCUT2D eigenvalue weighted by atomic mass is 9.77. The summed E-state index contributed by atoms with van der Waals surface area (Å²) in [7, 11) is 0. The minimum absolute atomic E-state index is 0. The third-order valence-electron chi connectivity index (χ3n) is 4.20. The SMILES string of the molecule is CC(Cc1nc(C2(N)CCC2)no1)C(=O)c1cccc(F)c1.Cl. The van der Waals surface area contributed by atoms with Crippen molar-refractivity contribution >= 4 is 18.2 Å². The van der Waals surface area contributed by atoms with E-state index in [2.05, 4.69) is 10.1 Å². The van der Waals surface area contributed by atoms with E-state index in [1.807, 2.05) is 0 Å². The molecule has 1 aliphatic carbocycles. The number of nitrogens with two attached hydrogens (primary N) is 1. The van der Waals surface area contributed by atoms with Crippen LogP contribution in [0.5, 0.6) is 0 Å². The van der Waals surface area contributed by atoms with Crippen molar-refractivity contribution in [1.82, 2.24) is 10.1 Å². The molecule has 1 heterocycles. The molecule has 2 aromatic rings. The zero-order chi connectivity index (χ0) is 15.7. The third-order valence-corrected chi connectivity index (χ3v) is 4.20. The molecule has 124 valence electrons. The number of halogens is 2. The molecule has 5 nitrogen and oxygen atoms in total. The molecule has 1 unspecified atom stereocenters. The van der Waals surface area contributed by atoms with Crippen molar-refractivity contribution in [3.63, 3.8) is 0 Å². The second kappa shape index (κ2) is 6.76. The van der Waals surface area contributed by atoms with Crippen molar-refractivity contribution in [1.29, 1.82) is 0 Å². The number of carbonyl (C=O) groups is 1. The number of benzene rings is 1. The highest BCUT2D eigenvalue weighted by molar-refractivity contribution is 5.97. The molecule has 0 saturated heterocycles. The lowest BCUT2D eigenvalue weighted by molar-refractivity contribution is 0.0923. The zero-order valence-electron chi connectivity index (χ0n) is 12.8. The quantitative estimate of drug-likeness (QED) is 0.847. The van der Waals surface area contributed by atoms with Gasteiger partial charge in [-0.25, -0.2) is 4.39 Å². The maximum Gasteiger partial charge on any atom is 0.227 e. The number of hydrogen-bond donors (Lipinski definition) is 1. The number of rotatable bonds is 5. The van der Waals surface area contributed by atoms with Gasteiger partial charge in [0.1, 0.15) is 5.82 Å². The van der Waals surface area contributed by atoms with Gasteiger partial charge >= 0.3 is 0 Å². The topological polar surface area (TPSA) is 82.0 Å². The summed E-state index contributed by atoms with van der Waals surface area (Å²) in [6.07, 6.45) is 3.08. The van der Waals surface area contributed by atoms with Crippen molar-refractivity contribution in [3.05, 3.63) is 47.4 Å². The van der Waals surface area contributed by atoms with Gasteiger partial charge in [-0.2, -0.15) is 4.98 Å². The molecular formula is C16H19ClFN3O2. The monoisotopic (exact) mass is 339 g/mol. The van der Waals surface area contributed by atoms with Gasteiger partial charge in [-0.1, -0.05) is 24.2 Å². The van der Waals surface area contributed by atoms with E-state index in [4.69, 9.17) is 10.3 Å². The fourth-order valence-corrected chi connectivity index (χ4v) is 2.60. The van der Waals surface area contributed by atoms with Crippen LogP contribution < -0.4 is 5.73 Å². The second-order valence-electron chi connectivity index (χ2n) is 6.00. The van der Waals surface area contributed by atoms with Crippen molar-refractivity contribution < 1.29 is 13.7 Å². The van der Waals surface area contributed by atoms with Crippen LogP contribution in [0.15, 0.2) is 28.8 Å². The fourth-order valence-electron chi connectivity index (χ4n) is 2.60. The van der Waals surface area contributed by atoms with Gasteiger partial charge in [0.25, 0.3) is 0 Å². The van der Waals surface area contributed by atoms with Gasteiger partial charge < -0.3 is 10.3 Å². The Kier molecular flexibility index (Phi) is 5.16. The number of Topliss-reactive ketones (excluding diaryl/α,β-unsaturated/α-hetero) is 1. The number of nitrogens with zero attached hydrogens (tertiary/aromatic N) is 2. The molecule has 2 N–H and O–H groups in total. The highest BCUT2D eigenvalue weighted by Gasteiger charge is 2.39. The Morgan fingerprint density at radius 3 is 2.83 bits per heavy atom. The third kappa shape index (κ3) is 3.59. The van der Waals surface area contributed by atoms with E-state index in [1.54, 1.807) is 13.0 Å². The van der Waals surface area contributed by atoms with Gasteiger partial charge in [0, 0.05) is 17.9 Å². The average molecular weight is 340 g/mol. The van der Waals surface area contributed by atoms with Crippen LogP contribution in [0, 0.1) is 11.7 Å². The van der Waals surface area contributed by atoms with E-state index in [-0.39, 0.29) is 24.1 Å². The van der Waals surface area contributed by atoms with Gasteiger partial charge in [0.05, 0.1) is 5.54 Å².